The highest BCUT2D eigenvalue weighted by Gasteiger charge is 2.32. The Bertz CT molecular complexity index is 1010. The molecule has 0 aliphatic carbocycles. The van der Waals surface area contributed by atoms with E-state index in [0.29, 0.717) is 17.6 Å². The Labute approximate surface area is 177 Å². The van der Waals surface area contributed by atoms with E-state index in [-0.39, 0.29) is 36.6 Å². The predicted molar refractivity (Wildman–Crippen MR) is 107 cm³/mol. The Balaban J connectivity index is 1.52. The van der Waals surface area contributed by atoms with Crippen molar-refractivity contribution in [3.63, 3.8) is 0 Å². The monoisotopic (exact) mass is 433 g/mol. The maximum absolute atomic E-state index is 12.5. The summed E-state index contributed by atoms with van der Waals surface area (Å²) in [6.45, 7) is 4.12. The number of carbonyl (C=O) groups excluding carboxylic acids is 1. The van der Waals surface area contributed by atoms with Crippen LogP contribution in [-0.4, -0.2) is 22.4 Å². The highest BCUT2D eigenvalue weighted by Crippen LogP contribution is 2.26. The van der Waals surface area contributed by atoms with Crippen LogP contribution in [0.25, 0.3) is 11.4 Å². The molecule has 3 rings (SSSR count). The van der Waals surface area contributed by atoms with E-state index in [2.05, 4.69) is 34.0 Å². The summed E-state index contributed by atoms with van der Waals surface area (Å²) in [6.07, 6.45) is -4.54. The second kappa shape index (κ2) is 9.63. The first-order valence-corrected chi connectivity index (χ1v) is 9.74. The fourth-order valence-electron chi connectivity index (χ4n) is 2.87. The molecule has 0 aliphatic rings. The SMILES string of the molecule is CC(C)c1ccc(-c2noc(CCC(=O)NCc3ccccc3OC(F)(F)F)n2)cc1. The van der Waals surface area contributed by atoms with Gasteiger partial charge in [-0.2, -0.15) is 4.98 Å². The van der Waals surface area contributed by atoms with Crippen molar-refractivity contribution in [2.45, 2.75) is 45.5 Å². The number of alkyl halides is 3. The number of rotatable bonds is 8. The highest BCUT2D eigenvalue weighted by molar-refractivity contribution is 5.76. The average molecular weight is 433 g/mol. The number of nitrogens with zero attached hydrogens (tertiary/aromatic N) is 2. The lowest BCUT2D eigenvalue weighted by Crippen LogP contribution is -2.24. The molecule has 0 aliphatic heterocycles. The smallest absolute Gasteiger partial charge is 0.405 e. The molecule has 1 amide bonds. The van der Waals surface area contributed by atoms with Crippen LogP contribution in [0.4, 0.5) is 13.2 Å². The van der Waals surface area contributed by atoms with Crippen molar-refractivity contribution in [3.05, 3.63) is 65.5 Å². The summed E-state index contributed by atoms with van der Waals surface area (Å²) >= 11 is 0. The Morgan fingerprint density at radius 2 is 1.84 bits per heavy atom. The number of hydrogen-bond acceptors (Lipinski definition) is 5. The lowest BCUT2D eigenvalue weighted by molar-refractivity contribution is -0.274. The number of nitrogens with one attached hydrogen (secondary N) is 1. The van der Waals surface area contributed by atoms with Crippen molar-refractivity contribution in [1.82, 2.24) is 15.5 Å². The van der Waals surface area contributed by atoms with Gasteiger partial charge in [-0.3, -0.25) is 4.79 Å². The minimum absolute atomic E-state index is 0.0518. The zero-order chi connectivity index (χ0) is 22.4. The number of amides is 1. The molecule has 9 heteroatoms. The van der Waals surface area contributed by atoms with Crippen LogP contribution in [0.5, 0.6) is 5.75 Å². The third kappa shape index (κ3) is 6.56. The van der Waals surface area contributed by atoms with E-state index in [0.717, 1.165) is 5.56 Å². The molecule has 1 aromatic heterocycles. The summed E-state index contributed by atoms with van der Waals surface area (Å²) in [5, 5.41) is 6.51. The van der Waals surface area contributed by atoms with E-state index in [9.17, 15) is 18.0 Å². The maximum Gasteiger partial charge on any atom is 0.573 e. The van der Waals surface area contributed by atoms with Crippen LogP contribution in [0.3, 0.4) is 0 Å². The number of hydrogen-bond donors (Lipinski definition) is 1. The minimum Gasteiger partial charge on any atom is -0.405 e. The number of carbonyl (C=O) groups is 1. The topological polar surface area (TPSA) is 77.2 Å². The third-order valence-corrected chi connectivity index (χ3v) is 4.54. The average Bonchev–Trinajstić information content (AvgIpc) is 3.19. The molecule has 0 atom stereocenters. The van der Waals surface area contributed by atoms with Gasteiger partial charge in [0, 0.05) is 30.5 Å². The van der Waals surface area contributed by atoms with E-state index >= 15 is 0 Å². The van der Waals surface area contributed by atoms with Gasteiger partial charge in [0.2, 0.25) is 17.6 Å². The molecule has 1 N–H and O–H groups in total. The molecule has 0 spiro atoms. The van der Waals surface area contributed by atoms with Gasteiger partial charge in [0.05, 0.1) is 0 Å². The summed E-state index contributed by atoms with van der Waals surface area (Å²) < 4.78 is 46.6. The van der Waals surface area contributed by atoms with Crippen LogP contribution < -0.4 is 10.1 Å². The molecule has 1 heterocycles. The van der Waals surface area contributed by atoms with Crippen molar-refractivity contribution in [1.29, 1.82) is 0 Å². The maximum atomic E-state index is 12.5. The molecule has 0 unspecified atom stereocenters. The number of aromatic nitrogens is 2. The number of para-hydroxylation sites is 1. The first-order chi connectivity index (χ1) is 14.7. The summed E-state index contributed by atoms with van der Waals surface area (Å²) in [5.41, 5.74) is 2.23. The van der Waals surface area contributed by atoms with Crippen molar-refractivity contribution in [3.8, 4) is 17.1 Å². The van der Waals surface area contributed by atoms with E-state index < -0.39 is 6.36 Å². The van der Waals surface area contributed by atoms with Crippen LogP contribution in [0.1, 0.15) is 43.2 Å². The van der Waals surface area contributed by atoms with Crippen LogP contribution in [0.2, 0.25) is 0 Å². The molecule has 2 aromatic carbocycles. The Hall–Kier alpha value is -3.36. The van der Waals surface area contributed by atoms with Crippen LogP contribution in [-0.2, 0) is 17.8 Å². The third-order valence-electron chi connectivity index (χ3n) is 4.54. The Kier molecular flexibility index (Phi) is 6.94. The molecule has 164 valence electrons. The summed E-state index contributed by atoms with van der Waals surface area (Å²) in [5.74, 6) is 0.450. The molecule has 3 aromatic rings. The molecule has 0 saturated carbocycles. The van der Waals surface area contributed by atoms with Crippen molar-refractivity contribution >= 4 is 5.91 Å². The number of benzene rings is 2. The Morgan fingerprint density at radius 3 is 2.52 bits per heavy atom. The summed E-state index contributed by atoms with van der Waals surface area (Å²) in [4.78, 5) is 16.4. The zero-order valence-corrected chi connectivity index (χ0v) is 17.1. The van der Waals surface area contributed by atoms with Gasteiger partial charge in [-0.05, 0) is 17.5 Å². The highest BCUT2D eigenvalue weighted by atomic mass is 19.4. The fraction of sp³-hybridized carbons (Fsp3) is 0.318. The van der Waals surface area contributed by atoms with Gasteiger partial charge < -0.3 is 14.6 Å². The zero-order valence-electron chi connectivity index (χ0n) is 17.1. The summed E-state index contributed by atoms with van der Waals surface area (Å²) in [7, 11) is 0. The molecule has 31 heavy (non-hydrogen) atoms. The number of ether oxygens (including phenoxy) is 1. The van der Waals surface area contributed by atoms with Crippen molar-refractivity contribution in [2.75, 3.05) is 0 Å². The van der Waals surface area contributed by atoms with Gasteiger partial charge in [-0.1, -0.05) is 61.5 Å². The second-order valence-corrected chi connectivity index (χ2v) is 7.22. The first kappa shape index (κ1) is 22.3. The van der Waals surface area contributed by atoms with Gasteiger partial charge in [-0.25, -0.2) is 0 Å². The molecular formula is C22H22F3N3O3. The van der Waals surface area contributed by atoms with Crippen LogP contribution in [0.15, 0.2) is 53.1 Å². The molecular weight excluding hydrogens is 411 g/mol. The summed E-state index contributed by atoms with van der Waals surface area (Å²) in [6, 6.07) is 13.5. The van der Waals surface area contributed by atoms with Gasteiger partial charge in [0.15, 0.2) is 0 Å². The fourth-order valence-corrected chi connectivity index (χ4v) is 2.87. The minimum atomic E-state index is -4.80. The van der Waals surface area contributed by atoms with E-state index in [1.54, 1.807) is 6.07 Å². The van der Waals surface area contributed by atoms with Crippen molar-refractivity contribution < 1.29 is 27.2 Å². The molecule has 0 bridgehead atoms. The molecule has 6 nitrogen and oxygen atoms in total. The number of halogens is 3. The molecule has 0 radical (unpaired) electrons. The molecule has 0 fully saturated rings. The molecule has 0 saturated heterocycles. The van der Waals surface area contributed by atoms with E-state index in [1.165, 1.54) is 23.8 Å². The van der Waals surface area contributed by atoms with Crippen molar-refractivity contribution in [2.24, 2.45) is 0 Å². The lowest BCUT2D eigenvalue weighted by atomic mass is 10.0. The van der Waals surface area contributed by atoms with Gasteiger partial charge in [-0.15, -0.1) is 13.2 Å². The van der Waals surface area contributed by atoms with Crippen LogP contribution >= 0.6 is 0 Å². The van der Waals surface area contributed by atoms with Gasteiger partial charge in [0.25, 0.3) is 0 Å². The van der Waals surface area contributed by atoms with E-state index in [1.807, 2.05) is 24.3 Å². The predicted octanol–water partition coefficient (Wildman–Crippen LogP) is 5.01. The lowest BCUT2D eigenvalue weighted by Gasteiger charge is -2.13. The first-order valence-electron chi connectivity index (χ1n) is 9.74. The quantitative estimate of drug-likeness (QED) is 0.541. The van der Waals surface area contributed by atoms with Gasteiger partial charge in [0.1, 0.15) is 5.75 Å². The van der Waals surface area contributed by atoms with Crippen LogP contribution in [0, 0.1) is 0 Å². The van der Waals surface area contributed by atoms with E-state index in [4.69, 9.17) is 4.52 Å². The number of aryl methyl sites for hydroxylation is 1. The second-order valence-electron chi connectivity index (χ2n) is 7.22. The van der Waals surface area contributed by atoms with Gasteiger partial charge >= 0.3 is 6.36 Å². The standard InChI is InChI=1S/C22H22F3N3O3/c1-14(2)15-7-9-16(10-8-15)21-27-20(31-28-21)12-11-19(29)26-13-17-5-3-4-6-18(17)30-22(23,24)25/h3-10,14H,11-13H2,1-2H3,(H,26,29). The largest absolute Gasteiger partial charge is 0.573 e. The normalized spacial score (nSPS) is 11.5. The Morgan fingerprint density at radius 1 is 1.13 bits per heavy atom.